The van der Waals surface area contributed by atoms with Gasteiger partial charge in [-0.15, -0.1) is 11.3 Å². The van der Waals surface area contributed by atoms with Crippen LogP contribution < -0.4 is 11.0 Å². The number of hydrogen-bond donors (Lipinski definition) is 1. The largest absolute Gasteiger partial charge is 0.281 e. The Kier molecular flexibility index (Phi) is 5.56. The van der Waals surface area contributed by atoms with E-state index in [-0.39, 0.29) is 5.56 Å². The van der Waals surface area contributed by atoms with Crippen molar-refractivity contribution in [3.05, 3.63) is 86.0 Å². The Balaban J connectivity index is 1.53. The summed E-state index contributed by atoms with van der Waals surface area (Å²) >= 11 is 1.40. The molecule has 7 nitrogen and oxygen atoms in total. The summed E-state index contributed by atoms with van der Waals surface area (Å²) in [6, 6.07) is 10.1. The number of aromatic nitrogens is 4. The van der Waals surface area contributed by atoms with Crippen molar-refractivity contribution < 1.29 is 4.79 Å². The number of hydrogen-bond acceptors (Lipinski definition) is 5. The summed E-state index contributed by atoms with van der Waals surface area (Å²) in [5.74, 6) is 0.0200. The highest BCUT2D eigenvalue weighted by atomic mass is 32.1. The topological polar surface area (TPSA) is 81.8 Å². The summed E-state index contributed by atoms with van der Waals surface area (Å²) in [4.78, 5) is 30.1. The Labute approximate surface area is 183 Å². The SMILES string of the molecule is Cc1ccc(Cn2nc(C)c(/C=C/C(=O)Nn3c(C)nc4sccc4c3=O)c2C)cc1. The predicted molar refractivity (Wildman–Crippen MR) is 124 cm³/mol. The number of amides is 1. The van der Waals surface area contributed by atoms with Gasteiger partial charge >= 0.3 is 0 Å². The monoisotopic (exact) mass is 433 g/mol. The number of carbonyl (C=O) groups is 1. The van der Waals surface area contributed by atoms with Gasteiger partial charge in [-0.1, -0.05) is 29.8 Å². The van der Waals surface area contributed by atoms with Crippen molar-refractivity contribution in [2.75, 3.05) is 5.43 Å². The fraction of sp³-hybridized carbons (Fsp3) is 0.217. The van der Waals surface area contributed by atoms with E-state index in [2.05, 4.69) is 46.7 Å². The zero-order valence-corrected chi connectivity index (χ0v) is 18.7. The molecule has 3 aromatic heterocycles. The Morgan fingerprint density at radius 3 is 2.61 bits per heavy atom. The first kappa shape index (κ1) is 20.7. The van der Waals surface area contributed by atoms with Crippen LogP contribution in [0.15, 0.2) is 46.6 Å². The van der Waals surface area contributed by atoms with E-state index < -0.39 is 5.91 Å². The van der Waals surface area contributed by atoms with E-state index in [0.29, 0.717) is 22.6 Å². The third-order valence-electron chi connectivity index (χ3n) is 5.18. The molecule has 8 heteroatoms. The van der Waals surface area contributed by atoms with E-state index in [1.165, 1.54) is 27.7 Å². The van der Waals surface area contributed by atoms with E-state index >= 15 is 0 Å². The zero-order chi connectivity index (χ0) is 22.1. The van der Waals surface area contributed by atoms with Crippen LogP contribution in [-0.2, 0) is 11.3 Å². The maximum Gasteiger partial charge on any atom is 0.281 e. The minimum atomic E-state index is -0.410. The number of aryl methyl sites for hydroxylation is 3. The maximum atomic E-state index is 12.6. The van der Waals surface area contributed by atoms with Gasteiger partial charge in [-0.3, -0.25) is 19.7 Å². The highest BCUT2D eigenvalue weighted by molar-refractivity contribution is 7.16. The number of nitrogens with one attached hydrogen (secondary N) is 1. The molecule has 0 fully saturated rings. The van der Waals surface area contributed by atoms with Crippen LogP contribution in [0.2, 0.25) is 0 Å². The van der Waals surface area contributed by atoms with Crippen LogP contribution in [0.1, 0.15) is 33.9 Å². The summed E-state index contributed by atoms with van der Waals surface area (Å²) in [6.45, 7) is 8.31. The molecule has 1 N–H and O–H groups in total. The van der Waals surface area contributed by atoms with E-state index in [1.807, 2.05) is 23.9 Å². The molecular formula is C23H23N5O2S. The number of thiophene rings is 1. The minimum Gasteiger partial charge on any atom is -0.268 e. The molecule has 0 aliphatic heterocycles. The van der Waals surface area contributed by atoms with Gasteiger partial charge in [-0.05, 0) is 50.8 Å². The summed E-state index contributed by atoms with van der Waals surface area (Å²) in [7, 11) is 0. The Morgan fingerprint density at radius 1 is 1.13 bits per heavy atom. The summed E-state index contributed by atoms with van der Waals surface area (Å²) < 4.78 is 3.11. The van der Waals surface area contributed by atoms with Crippen molar-refractivity contribution in [3.8, 4) is 0 Å². The lowest BCUT2D eigenvalue weighted by atomic mass is 10.1. The van der Waals surface area contributed by atoms with Gasteiger partial charge in [0.15, 0.2) is 0 Å². The highest BCUT2D eigenvalue weighted by Crippen LogP contribution is 2.17. The zero-order valence-electron chi connectivity index (χ0n) is 17.8. The first-order valence-corrected chi connectivity index (χ1v) is 10.8. The van der Waals surface area contributed by atoms with E-state index in [0.717, 1.165) is 22.5 Å². The Morgan fingerprint density at radius 2 is 1.87 bits per heavy atom. The number of benzene rings is 1. The number of carbonyl (C=O) groups excluding carboxylic acids is 1. The smallest absolute Gasteiger partial charge is 0.268 e. The van der Waals surface area contributed by atoms with Crippen LogP contribution in [0, 0.1) is 27.7 Å². The van der Waals surface area contributed by atoms with Gasteiger partial charge in [0.25, 0.3) is 11.5 Å². The van der Waals surface area contributed by atoms with Gasteiger partial charge < -0.3 is 0 Å². The van der Waals surface area contributed by atoms with Crippen LogP contribution in [0.3, 0.4) is 0 Å². The van der Waals surface area contributed by atoms with E-state index in [1.54, 1.807) is 19.1 Å². The quantitative estimate of drug-likeness (QED) is 0.487. The van der Waals surface area contributed by atoms with Crippen molar-refractivity contribution >= 4 is 33.5 Å². The van der Waals surface area contributed by atoms with Crippen molar-refractivity contribution in [1.29, 1.82) is 0 Å². The lowest BCUT2D eigenvalue weighted by Crippen LogP contribution is -2.34. The predicted octanol–water partition coefficient (Wildman–Crippen LogP) is 3.72. The highest BCUT2D eigenvalue weighted by Gasteiger charge is 2.12. The van der Waals surface area contributed by atoms with Crippen LogP contribution >= 0.6 is 11.3 Å². The van der Waals surface area contributed by atoms with Crippen LogP contribution in [0.4, 0.5) is 0 Å². The second-order valence-corrected chi connectivity index (χ2v) is 8.37. The average Bonchev–Trinajstić information content (AvgIpc) is 3.30. The molecule has 3 heterocycles. The third kappa shape index (κ3) is 4.20. The molecule has 0 saturated carbocycles. The molecule has 0 bridgehead atoms. The molecule has 4 rings (SSSR count). The molecule has 4 aromatic rings. The first-order valence-electron chi connectivity index (χ1n) is 9.89. The van der Waals surface area contributed by atoms with Crippen molar-refractivity contribution in [3.63, 3.8) is 0 Å². The molecule has 31 heavy (non-hydrogen) atoms. The second-order valence-electron chi connectivity index (χ2n) is 7.48. The molecular weight excluding hydrogens is 410 g/mol. The molecule has 0 atom stereocenters. The molecule has 0 aliphatic rings. The van der Waals surface area contributed by atoms with E-state index in [4.69, 9.17) is 0 Å². The standard InChI is InChI=1S/C23H23N5O2S/c1-14-5-7-18(8-6-14)13-27-16(3)19(15(2)25-27)9-10-21(29)26-28-17(4)24-22-20(23(28)30)11-12-31-22/h5-12H,13H2,1-4H3,(H,26,29)/b10-9+. The molecule has 0 saturated heterocycles. The van der Waals surface area contributed by atoms with Gasteiger partial charge in [-0.25, -0.2) is 9.66 Å². The van der Waals surface area contributed by atoms with Gasteiger partial charge in [0.2, 0.25) is 0 Å². The van der Waals surface area contributed by atoms with Gasteiger partial charge in [-0.2, -0.15) is 5.10 Å². The van der Waals surface area contributed by atoms with E-state index in [9.17, 15) is 9.59 Å². The molecule has 1 aromatic carbocycles. The third-order valence-corrected chi connectivity index (χ3v) is 5.99. The second kappa shape index (κ2) is 8.31. The summed E-state index contributed by atoms with van der Waals surface area (Å²) in [5, 5.41) is 6.92. The molecule has 0 spiro atoms. The lowest BCUT2D eigenvalue weighted by molar-refractivity contribution is -0.112. The van der Waals surface area contributed by atoms with Gasteiger partial charge in [0, 0.05) is 17.3 Å². The fourth-order valence-corrected chi connectivity index (χ4v) is 4.23. The fourth-order valence-electron chi connectivity index (χ4n) is 3.43. The number of rotatable bonds is 5. The maximum absolute atomic E-state index is 12.6. The minimum absolute atomic E-state index is 0.288. The average molecular weight is 434 g/mol. The van der Waals surface area contributed by atoms with Crippen molar-refractivity contribution in [1.82, 2.24) is 19.4 Å². The normalized spacial score (nSPS) is 11.5. The summed E-state index contributed by atoms with van der Waals surface area (Å²) in [5.41, 5.74) is 7.40. The van der Waals surface area contributed by atoms with Crippen LogP contribution in [0.25, 0.3) is 16.3 Å². The Hall–Kier alpha value is -3.52. The first-order chi connectivity index (χ1) is 14.8. The van der Waals surface area contributed by atoms with Crippen LogP contribution in [0.5, 0.6) is 0 Å². The molecule has 0 aliphatic carbocycles. The molecule has 0 unspecified atom stereocenters. The van der Waals surface area contributed by atoms with Crippen molar-refractivity contribution in [2.45, 2.75) is 34.2 Å². The van der Waals surface area contributed by atoms with Crippen molar-refractivity contribution in [2.24, 2.45) is 0 Å². The van der Waals surface area contributed by atoms with Crippen LogP contribution in [-0.4, -0.2) is 25.3 Å². The molecule has 1 amide bonds. The Bertz CT molecular complexity index is 1360. The number of fused-ring (bicyclic) bond motifs is 1. The summed E-state index contributed by atoms with van der Waals surface area (Å²) in [6.07, 6.45) is 3.15. The molecule has 158 valence electrons. The van der Waals surface area contributed by atoms with Gasteiger partial charge in [0.05, 0.1) is 17.6 Å². The number of nitrogens with zero attached hydrogens (tertiary/aromatic N) is 4. The van der Waals surface area contributed by atoms with Gasteiger partial charge in [0.1, 0.15) is 10.7 Å². The molecule has 0 radical (unpaired) electrons. The lowest BCUT2D eigenvalue weighted by Gasteiger charge is -2.09.